The number of para-hydroxylation sites is 2. The van der Waals surface area contributed by atoms with E-state index in [0.29, 0.717) is 6.04 Å². The molecule has 0 aliphatic heterocycles. The predicted octanol–water partition coefficient (Wildman–Crippen LogP) is 3.89. The summed E-state index contributed by atoms with van der Waals surface area (Å²) in [5, 5.41) is 7.95. The van der Waals surface area contributed by atoms with Crippen LogP contribution >= 0.6 is 0 Å². The van der Waals surface area contributed by atoms with Gasteiger partial charge < -0.3 is 5.32 Å². The van der Waals surface area contributed by atoms with Crippen LogP contribution in [-0.2, 0) is 0 Å². The number of nitrogens with zero attached hydrogens (tertiary/aromatic N) is 3. The molecule has 0 spiro atoms. The second kappa shape index (κ2) is 6.29. The van der Waals surface area contributed by atoms with E-state index in [1.807, 2.05) is 10.7 Å². The number of hydrogen-bond acceptors (Lipinski definition) is 3. The monoisotopic (exact) mass is 284 g/mol. The van der Waals surface area contributed by atoms with E-state index in [2.05, 4.69) is 47.4 Å². The molecule has 0 bridgehead atoms. The van der Waals surface area contributed by atoms with Gasteiger partial charge in [-0.05, 0) is 49.7 Å². The van der Waals surface area contributed by atoms with Crippen molar-refractivity contribution in [1.82, 2.24) is 14.8 Å². The third-order valence-corrected chi connectivity index (χ3v) is 4.64. The fourth-order valence-corrected chi connectivity index (χ4v) is 3.28. The summed E-state index contributed by atoms with van der Waals surface area (Å²) < 4.78 is 1.82. The third-order valence-electron chi connectivity index (χ3n) is 4.64. The molecule has 2 aromatic rings. The van der Waals surface area contributed by atoms with Crippen molar-refractivity contribution in [2.24, 2.45) is 11.8 Å². The first-order valence-corrected chi connectivity index (χ1v) is 7.94. The zero-order valence-corrected chi connectivity index (χ0v) is 12.9. The molecule has 0 radical (unpaired) electrons. The molecular weight excluding hydrogens is 260 g/mol. The maximum Gasteiger partial charge on any atom is 0.138 e. The molecule has 0 amide bonds. The highest BCUT2D eigenvalue weighted by Gasteiger charge is 2.23. The van der Waals surface area contributed by atoms with Gasteiger partial charge in [0.2, 0.25) is 0 Å². The molecule has 1 fully saturated rings. The summed E-state index contributed by atoms with van der Waals surface area (Å²) in [6.45, 7) is 4.69. The fourth-order valence-electron chi connectivity index (χ4n) is 3.28. The Bertz CT molecular complexity index is 554. The minimum Gasteiger partial charge on any atom is -0.381 e. The van der Waals surface area contributed by atoms with Gasteiger partial charge in [0.1, 0.15) is 12.7 Å². The standard InChI is InChI=1S/C17H24N4/c1-13(2)14-7-9-15(10-8-14)20-16-5-3-4-6-17(16)21-12-18-11-19-21/h3-6,11-15,20H,7-10H2,1-2H3. The summed E-state index contributed by atoms with van der Waals surface area (Å²) in [6, 6.07) is 8.90. The second-order valence-corrected chi connectivity index (χ2v) is 6.36. The van der Waals surface area contributed by atoms with E-state index in [4.69, 9.17) is 0 Å². The van der Waals surface area contributed by atoms with Gasteiger partial charge in [-0.15, -0.1) is 0 Å². The van der Waals surface area contributed by atoms with E-state index >= 15 is 0 Å². The van der Waals surface area contributed by atoms with E-state index in [-0.39, 0.29) is 0 Å². The van der Waals surface area contributed by atoms with Crippen molar-refractivity contribution in [3.05, 3.63) is 36.9 Å². The van der Waals surface area contributed by atoms with Crippen LogP contribution in [0.1, 0.15) is 39.5 Å². The number of nitrogens with one attached hydrogen (secondary N) is 1. The Morgan fingerprint density at radius 3 is 2.57 bits per heavy atom. The van der Waals surface area contributed by atoms with E-state index < -0.39 is 0 Å². The molecule has 3 rings (SSSR count). The number of anilines is 1. The molecule has 4 nitrogen and oxygen atoms in total. The maximum absolute atomic E-state index is 4.24. The van der Waals surface area contributed by atoms with Gasteiger partial charge in [-0.2, -0.15) is 5.10 Å². The summed E-state index contributed by atoms with van der Waals surface area (Å²) in [4.78, 5) is 4.04. The number of hydrogen-bond donors (Lipinski definition) is 1. The lowest BCUT2D eigenvalue weighted by Gasteiger charge is -2.32. The summed E-state index contributed by atoms with van der Waals surface area (Å²) in [6.07, 6.45) is 8.51. The summed E-state index contributed by atoms with van der Waals surface area (Å²) in [5.74, 6) is 1.71. The molecule has 1 aliphatic rings. The number of rotatable bonds is 4. The molecule has 112 valence electrons. The summed E-state index contributed by atoms with van der Waals surface area (Å²) in [5.41, 5.74) is 2.22. The molecule has 0 saturated heterocycles. The van der Waals surface area contributed by atoms with Crippen molar-refractivity contribution in [2.75, 3.05) is 5.32 Å². The molecule has 1 heterocycles. The molecule has 1 aromatic carbocycles. The SMILES string of the molecule is CC(C)C1CCC(Nc2ccccc2-n2cncn2)CC1. The van der Waals surface area contributed by atoms with Crippen LogP contribution in [0.15, 0.2) is 36.9 Å². The summed E-state index contributed by atoms with van der Waals surface area (Å²) in [7, 11) is 0. The van der Waals surface area contributed by atoms with E-state index in [1.165, 1.54) is 25.7 Å². The lowest BCUT2D eigenvalue weighted by molar-refractivity contribution is 0.267. The molecule has 0 unspecified atom stereocenters. The molecular formula is C17H24N4. The van der Waals surface area contributed by atoms with Crippen LogP contribution in [-0.4, -0.2) is 20.8 Å². The van der Waals surface area contributed by atoms with Gasteiger partial charge in [0.25, 0.3) is 0 Å². The average Bonchev–Trinajstić information content (AvgIpc) is 3.02. The highest BCUT2D eigenvalue weighted by Crippen LogP contribution is 2.32. The fraction of sp³-hybridized carbons (Fsp3) is 0.529. The Kier molecular flexibility index (Phi) is 4.23. The largest absolute Gasteiger partial charge is 0.381 e. The van der Waals surface area contributed by atoms with Gasteiger partial charge in [-0.1, -0.05) is 26.0 Å². The van der Waals surface area contributed by atoms with Gasteiger partial charge >= 0.3 is 0 Å². The van der Waals surface area contributed by atoms with E-state index in [0.717, 1.165) is 23.2 Å². The zero-order chi connectivity index (χ0) is 14.7. The van der Waals surface area contributed by atoms with Gasteiger partial charge in [0, 0.05) is 6.04 Å². The van der Waals surface area contributed by atoms with Crippen molar-refractivity contribution in [3.63, 3.8) is 0 Å². The minimum absolute atomic E-state index is 0.574. The topological polar surface area (TPSA) is 42.7 Å². The molecule has 21 heavy (non-hydrogen) atoms. The highest BCUT2D eigenvalue weighted by atomic mass is 15.3. The molecule has 0 atom stereocenters. The van der Waals surface area contributed by atoms with Crippen LogP contribution in [0.4, 0.5) is 5.69 Å². The smallest absolute Gasteiger partial charge is 0.138 e. The Morgan fingerprint density at radius 2 is 1.90 bits per heavy atom. The normalized spacial score (nSPS) is 22.4. The molecule has 1 aromatic heterocycles. The van der Waals surface area contributed by atoms with Gasteiger partial charge in [-0.3, -0.25) is 0 Å². The molecule has 1 saturated carbocycles. The highest BCUT2D eigenvalue weighted by molar-refractivity contribution is 5.60. The maximum atomic E-state index is 4.24. The van der Waals surface area contributed by atoms with Crippen LogP contribution in [0.3, 0.4) is 0 Å². The lowest BCUT2D eigenvalue weighted by atomic mass is 9.79. The van der Waals surface area contributed by atoms with E-state index in [1.54, 1.807) is 12.7 Å². The molecule has 1 aliphatic carbocycles. The third kappa shape index (κ3) is 3.26. The Hall–Kier alpha value is -1.84. The lowest BCUT2D eigenvalue weighted by Crippen LogP contribution is -2.28. The average molecular weight is 284 g/mol. The summed E-state index contributed by atoms with van der Waals surface area (Å²) >= 11 is 0. The first-order chi connectivity index (χ1) is 10.2. The van der Waals surface area contributed by atoms with Crippen LogP contribution in [0.25, 0.3) is 5.69 Å². The predicted molar refractivity (Wildman–Crippen MR) is 85.6 cm³/mol. The van der Waals surface area contributed by atoms with Crippen LogP contribution in [0.5, 0.6) is 0 Å². The Morgan fingerprint density at radius 1 is 1.14 bits per heavy atom. The van der Waals surface area contributed by atoms with Crippen molar-refractivity contribution >= 4 is 5.69 Å². The van der Waals surface area contributed by atoms with Gasteiger partial charge in [-0.25, -0.2) is 9.67 Å². The molecule has 4 heteroatoms. The quantitative estimate of drug-likeness (QED) is 0.926. The number of aromatic nitrogens is 3. The van der Waals surface area contributed by atoms with Gasteiger partial charge in [0.15, 0.2) is 0 Å². The number of benzene rings is 1. The first-order valence-electron chi connectivity index (χ1n) is 7.94. The van der Waals surface area contributed by atoms with Crippen LogP contribution in [0, 0.1) is 11.8 Å². The van der Waals surface area contributed by atoms with Crippen molar-refractivity contribution < 1.29 is 0 Å². The van der Waals surface area contributed by atoms with Crippen molar-refractivity contribution in [1.29, 1.82) is 0 Å². The van der Waals surface area contributed by atoms with Crippen LogP contribution < -0.4 is 5.32 Å². The zero-order valence-electron chi connectivity index (χ0n) is 12.9. The van der Waals surface area contributed by atoms with Crippen molar-refractivity contribution in [2.45, 2.75) is 45.6 Å². The Balaban J connectivity index is 1.69. The van der Waals surface area contributed by atoms with E-state index in [9.17, 15) is 0 Å². The van der Waals surface area contributed by atoms with Crippen LogP contribution in [0.2, 0.25) is 0 Å². The second-order valence-electron chi connectivity index (χ2n) is 6.36. The Labute approximate surface area is 126 Å². The minimum atomic E-state index is 0.574. The molecule has 1 N–H and O–H groups in total. The van der Waals surface area contributed by atoms with Gasteiger partial charge in [0.05, 0.1) is 11.4 Å². The van der Waals surface area contributed by atoms with Crippen molar-refractivity contribution in [3.8, 4) is 5.69 Å². The first kappa shape index (κ1) is 14.1.